The zero-order valence-corrected chi connectivity index (χ0v) is 31.9. The molecule has 2 aliphatic rings. The molecule has 2 aliphatic heterocycles. The number of nitrogens with two attached hydrogens (primary N) is 1. The van der Waals surface area contributed by atoms with Gasteiger partial charge in [0, 0.05) is 62.6 Å². The first kappa shape index (κ1) is 35.5. The van der Waals surface area contributed by atoms with E-state index in [1.165, 1.54) is 0 Å². The van der Waals surface area contributed by atoms with Crippen LogP contribution in [0.15, 0.2) is 152 Å². The highest BCUT2D eigenvalue weighted by Gasteiger charge is 2.20. The maximum Gasteiger partial charge on any atom is 0.241 e. The van der Waals surface area contributed by atoms with Gasteiger partial charge >= 0.3 is 0 Å². The third kappa shape index (κ3) is 6.96. The van der Waals surface area contributed by atoms with Crippen LogP contribution in [0.2, 0.25) is 0 Å². The molecule has 59 heavy (non-hydrogen) atoms. The van der Waals surface area contributed by atoms with Crippen molar-refractivity contribution < 1.29 is 4.79 Å². The maximum atomic E-state index is 13.1. The minimum Gasteiger partial charge on any atom is -0.354 e. The van der Waals surface area contributed by atoms with E-state index in [-0.39, 0.29) is 5.91 Å². The Hall–Kier alpha value is -7.88. The van der Waals surface area contributed by atoms with E-state index >= 15 is 0 Å². The summed E-state index contributed by atoms with van der Waals surface area (Å²) in [6, 6.07) is 46.7. The number of hydrogen-bond acceptors (Lipinski definition) is 5. The van der Waals surface area contributed by atoms with Crippen LogP contribution in [-0.2, 0) is 11.2 Å². The summed E-state index contributed by atoms with van der Waals surface area (Å²) in [5.41, 5.74) is 22.6. The van der Waals surface area contributed by atoms with Gasteiger partial charge in [0.25, 0.3) is 0 Å². The fraction of sp³-hybridized carbons (Fsp3) is 0.0400. The molecule has 6 heterocycles. The number of carbonyl (C=O) groups is 1. The Bertz CT molecular complexity index is 3020. The topological polar surface area (TPSA) is 141 Å². The van der Waals surface area contributed by atoms with Gasteiger partial charge in [-0.05, 0) is 83.0 Å². The molecule has 9 heteroatoms. The van der Waals surface area contributed by atoms with Crippen molar-refractivity contribution in [1.82, 2.24) is 29.9 Å². The Morgan fingerprint density at radius 3 is 1.29 bits per heavy atom. The Balaban J connectivity index is 1.22. The van der Waals surface area contributed by atoms with Crippen LogP contribution in [0.3, 0.4) is 0 Å². The number of nitrogens with one attached hydrogen (secondary N) is 4. The van der Waals surface area contributed by atoms with E-state index in [2.05, 4.69) is 147 Å². The zero-order valence-electron chi connectivity index (χ0n) is 31.9. The van der Waals surface area contributed by atoms with Crippen LogP contribution in [0.25, 0.3) is 90.9 Å². The molecule has 284 valence electrons. The van der Waals surface area contributed by atoms with Gasteiger partial charge < -0.3 is 26.0 Å². The largest absolute Gasteiger partial charge is 0.354 e. The highest BCUT2D eigenvalue weighted by Crippen LogP contribution is 2.38. The number of hydrogen-bond donors (Lipinski definition) is 5. The summed E-state index contributed by atoms with van der Waals surface area (Å²) in [6.45, 7) is 0. The number of fused-ring (bicyclic) bond motifs is 8. The first-order valence-electron chi connectivity index (χ1n) is 19.5. The van der Waals surface area contributed by atoms with Crippen molar-refractivity contribution in [1.29, 1.82) is 0 Å². The van der Waals surface area contributed by atoms with Gasteiger partial charge in [-0.2, -0.15) is 0 Å². The molecule has 0 spiro atoms. The van der Waals surface area contributed by atoms with Crippen LogP contribution in [0.5, 0.6) is 0 Å². The molecule has 0 saturated heterocycles. The van der Waals surface area contributed by atoms with Gasteiger partial charge in [-0.3, -0.25) is 4.79 Å². The van der Waals surface area contributed by atoms with E-state index in [4.69, 9.17) is 15.7 Å². The number of aromatic nitrogens is 6. The third-order valence-corrected chi connectivity index (χ3v) is 10.7. The smallest absolute Gasteiger partial charge is 0.241 e. The highest BCUT2D eigenvalue weighted by atomic mass is 16.2. The molecule has 9 nitrogen and oxygen atoms in total. The van der Waals surface area contributed by atoms with E-state index in [1.807, 2.05) is 42.5 Å². The Morgan fingerprint density at radius 1 is 0.525 bits per heavy atom. The number of anilines is 1. The molecule has 8 bridgehead atoms. The minimum absolute atomic E-state index is 0.285. The van der Waals surface area contributed by atoms with Crippen LogP contribution in [0, 0.1) is 0 Å². The van der Waals surface area contributed by atoms with Crippen LogP contribution in [-0.4, -0.2) is 41.9 Å². The lowest BCUT2D eigenvalue weighted by Gasteiger charge is -2.12. The van der Waals surface area contributed by atoms with Gasteiger partial charge in [-0.25, -0.2) is 15.0 Å². The number of carbonyl (C=O) groups excluding carboxylic acids is 1. The Morgan fingerprint density at radius 2 is 0.915 bits per heavy atom. The maximum absolute atomic E-state index is 13.1. The molecule has 10 rings (SSSR count). The van der Waals surface area contributed by atoms with Crippen LogP contribution >= 0.6 is 0 Å². The lowest BCUT2D eigenvalue weighted by molar-refractivity contribution is -0.117. The normalized spacial score (nSPS) is 12.4. The number of amides is 1. The number of imidazole rings is 1. The molecular weight excluding hydrogens is 729 g/mol. The van der Waals surface area contributed by atoms with Crippen molar-refractivity contribution in [3.05, 3.63) is 181 Å². The Labute approximate surface area is 340 Å². The summed E-state index contributed by atoms with van der Waals surface area (Å²) in [5.74, 6) is -0.285. The average Bonchev–Trinajstić information content (AvgIpc) is 4.14. The molecule has 0 saturated carbocycles. The number of rotatable bonds is 8. The van der Waals surface area contributed by atoms with E-state index in [1.54, 1.807) is 12.5 Å². The molecule has 4 aromatic carbocycles. The third-order valence-electron chi connectivity index (χ3n) is 10.7. The number of benzene rings is 4. The molecule has 1 atom stereocenters. The average molecular weight is 767 g/mol. The van der Waals surface area contributed by atoms with Crippen LogP contribution < -0.4 is 11.1 Å². The molecule has 6 N–H and O–H groups in total. The molecule has 1 amide bonds. The summed E-state index contributed by atoms with van der Waals surface area (Å²) in [4.78, 5) is 38.5. The molecule has 0 fully saturated rings. The fourth-order valence-electron chi connectivity index (χ4n) is 7.91. The molecule has 0 radical (unpaired) electrons. The molecule has 4 aromatic heterocycles. The summed E-state index contributed by atoms with van der Waals surface area (Å²) in [7, 11) is 0. The van der Waals surface area contributed by atoms with E-state index in [0.29, 0.717) is 12.1 Å². The number of aromatic amines is 3. The van der Waals surface area contributed by atoms with E-state index in [0.717, 1.165) is 95.0 Å². The SMILES string of the molecule is N[C@@H](Cc1c[nH]cn1)C(=O)Nc1ccc(-c2c3nc(c(-c4ccccc4)c4ccc([nH]4)c(-c4ccccc4)c4nc(c(-c5ccccc5)c5ccc2[nH]5)C=C4)C=C3)cc1. The summed E-state index contributed by atoms with van der Waals surface area (Å²) in [5, 5.41) is 2.97. The first-order chi connectivity index (χ1) is 29.1. The van der Waals surface area contributed by atoms with Crippen molar-refractivity contribution in [2.45, 2.75) is 12.5 Å². The van der Waals surface area contributed by atoms with Gasteiger partial charge in [0.05, 0.1) is 40.8 Å². The van der Waals surface area contributed by atoms with Gasteiger partial charge in [-0.15, -0.1) is 0 Å². The fourth-order valence-corrected chi connectivity index (χ4v) is 7.91. The minimum atomic E-state index is -0.749. The van der Waals surface area contributed by atoms with Crippen molar-refractivity contribution in [2.24, 2.45) is 5.73 Å². The number of nitrogens with zero attached hydrogens (tertiary/aromatic N) is 3. The second-order valence-corrected chi connectivity index (χ2v) is 14.5. The standard InChI is InChI=1S/C50H38N8O/c51-37(28-36-29-52-30-53-36)50(59)54-35-18-16-34(17-19-35)49-44-26-24-42(57-44)47(32-12-6-2-7-13-32)40-22-20-38(55-40)46(31-10-4-1-5-11-31)39-21-23-41(56-39)48(33-14-8-3-9-15-33)43-25-27-45(49)58-43/h1-27,29-30,37,55,58H,28,51H2,(H,52,53)(H,54,59)/t37-/m0/s1. The second kappa shape index (κ2) is 15.2. The van der Waals surface area contributed by atoms with E-state index < -0.39 is 6.04 Å². The molecule has 0 unspecified atom stereocenters. The molecular formula is C50H38N8O. The monoisotopic (exact) mass is 766 g/mol. The van der Waals surface area contributed by atoms with Crippen molar-refractivity contribution in [3.63, 3.8) is 0 Å². The highest BCUT2D eigenvalue weighted by molar-refractivity contribution is 6.00. The number of H-pyrrole nitrogens is 3. The quantitative estimate of drug-likeness (QED) is 0.105. The zero-order chi connectivity index (χ0) is 39.7. The van der Waals surface area contributed by atoms with Gasteiger partial charge in [0.15, 0.2) is 0 Å². The summed E-state index contributed by atoms with van der Waals surface area (Å²) in [6.07, 6.45) is 12.0. The summed E-state index contributed by atoms with van der Waals surface area (Å²) < 4.78 is 0. The van der Waals surface area contributed by atoms with Crippen LogP contribution in [0.1, 0.15) is 28.5 Å². The predicted octanol–water partition coefficient (Wildman–Crippen LogP) is 10.6. The van der Waals surface area contributed by atoms with Gasteiger partial charge in [-0.1, -0.05) is 103 Å². The second-order valence-electron chi connectivity index (χ2n) is 14.5. The van der Waals surface area contributed by atoms with Crippen molar-refractivity contribution in [3.8, 4) is 44.5 Å². The van der Waals surface area contributed by atoms with Crippen molar-refractivity contribution >= 4 is 58.0 Å². The predicted molar refractivity (Wildman–Crippen MR) is 239 cm³/mol. The lowest BCUT2D eigenvalue weighted by atomic mass is 10.0. The summed E-state index contributed by atoms with van der Waals surface area (Å²) >= 11 is 0. The lowest BCUT2D eigenvalue weighted by Crippen LogP contribution is -2.37. The van der Waals surface area contributed by atoms with Gasteiger partial charge in [0.2, 0.25) is 5.91 Å². The van der Waals surface area contributed by atoms with Gasteiger partial charge in [0.1, 0.15) is 0 Å². The molecule has 8 aromatic rings. The van der Waals surface area contributed by atoms with Crippen molar-refractivity contribution in [2.75, 3.05) is 5.32 Å². The Kier molecular flexibility index (Phi) is 9.17. The van der Waals surface area contributed by atoms with Crippen LogP contribution in [0.4, 0.5) is 5.69 Å². The molecule has 0 aliphatic carbocycles. The van der Waals surface area contributed by atoms with E-state index in [9.17, 15) is 4.79 Å². The first-order valence-corrected chi connectivity index (χ1v) is 19.5.